The van der Waals surface area contributed by atoms with Gasteiger partial charge in [0.25, 0.3) is 0 Å². The molecule has 3 aromatic carbocycles. The number of rotatable bonds is 7. The van der Waals surface area contributed by atoms with Crippen LogP contribution in [0.15, 0.2) is 83.9 Å². The Morgan fingerprint density at radius 3 is 2.57 bits per heavy atom. The summed E-state index contributed by atoms with van der Waals surface area (Å²) in [6.07, 6.45) is 2.05. The number of benzene rings is 3. The van der Waals surface area contributed by atoms with Crippen LogP contribution in [0, 0.1) is 5.82 Å². The first kappa shape index (κ1) is 20.0. The number of anilines is 1. The molecule has 0 saturated carbocycles. The van der Waals surface area contributed by atoms with Gasteiger partial charge < -0.3 is 14.6 Å². The number of para-hydroxylation sites is 3. The fraction of sp³-hybridized carbons (Fsp3) is 0.125. The van der Waals surface area contributed by atoms with E-state index in [1.807, 2.05) is 36.4 Å². The molecule has 0 spiro atoms. The SMILES string of the molecule is COc1ccccc1NC(=O)CSc1cn(Cc2ccc(F)cc2)c2ccccc12. The molecule has 6 heteroatoms. The van der Waals surface area contributed by atoms with E-state index in [4.69, 9.17) is 4.74 Å². The van der Waals surface area contributed by atoms with Gasteiger partial charge in [0.2, 0.25) is 5.91 Å². The van der Waals surface area contributed by atoms with Crippen LogP contribution in [0.2, 0.25) is 0 Å². The van der Waals surface area contributed by atoms with E-state index in [1.54, 1.807) is 19.2 Å². The van der Waals surface area contributed by atoms with Gasteiger partial charge in [-0.3, -0.25) is 4.79 Å². The van der Waals surface area contributed by atoms with Crippen molar-refractivity contribution >= 4 is 34.3 Å². The van der Waals surface area contributed by atoms with Gasteiger partial charge in [-0.2, -0.15) is 0 Å². The summed E-state index contributed by atoms with van der Waals surface area (Å²) in [4.78, 5) is 13.5. The van der Waals surface area contributed by atoms with E-state index in [-0.39, 0.29) is 17.5 Å². The van der Waals surface area contributed by atoms with Crippen molar-refractivity contribution in [3.05, 3.63) is 90.4 Å². The standard InChI is InChI=1S/C24H21FN2O2S/c1-29-22-9-5-3-7-20(22)26-24(28)16-30-23-15-27(21-8-4-2-6-19(21)23)14-17-10-12-18(25)13-11-17/h2-13,15H,14,16H2,1H3,(H,26,28). The summed E-state index contributed by atoms with van der Waals surface area (Å²) in [5.41, 5.74) is 2.75. The largest absolute Gasteiger partial charge is 0.495 e. The monoisotopic (exact) mass is 420 g/mol. The summed E-state index contributed by atoms with van der Waals surface area (Å²) >= 11 is 1.49. The molecule has 1 N–H and O–H groups in total. The van der Waals surface area contributed by atoms with E-state index in [0.29, 0.717) is 18.0 Å². The zero-order valence-corrected chi connectivity index (χ0v) is 17.3. The van der Waals surface area contributed by atoms with Gasteiger partial charge in [-0.05, 0) is 35.9 Å². The minimum Gasteiger partial charge on any atom is -0.495 e. The number of nitrogens with one attached hydrogen (secondary N) is 1. The van der Waals surface area contributed by atoms with Gasteiger partial charge in [0.1, 0.15) is 11.6 Å². The summed E-state index contributed by atoms with van der Waals surface area (Å²) in [5, 5.41) is 4.00. The molecule has 0 bridgehead atoms. The number of aromatic nitrogens is 1. The number of carbonyl (C=O) groups is 1. The van der Waals surface area contributed by atoms with Gasteiger partial charge in [-0.25, -0.2) is 4.39 Å². The number of methoxy groups -OCH3 is 1. The maximum Gasteiger partial charge on any atom is 0.234 e. The Morgan fingerprint density at radius 1 is 1.03 bits per heavy atom. The molecule has 0 saturated heterocycles. The zero-order valence-electron chi connectivity index (χ0n) is 16.5. The topological polar surface area (TPSA) is 43.3 Å². The van der Waals surface area contributed by atoms with E-state index in [1.165, 1.54) is 23.9 Å². The molecule has 0 aliphatic heterocycles. The van der Waals surface area contributed by atoms with Crippen molar-refractivity contribution in [1.82, 2.24) is 4.57 Å². The van der Waals surface area contributed by atoms with Crippen LogP contribution in [0.3, 0.4) is 0 Å². The predicted octanol–water partition coefficient (Wildman–Crippen LogP) is 5.57. The van der Waals surface area contributed by atoms with Crippen LogP contribution in [-0.4, -0.2) is 23.3 Å². The molecule has 1 amide bonds. The second-order valence-electron chi connectivity index (χ2n) is 6.80. The lowest BCUT2D eigenvalue weighted by atomic mass is 10.2. The van der Waals surface area contributed by atoms with E-state index in [0.717, 1.165) is 21.4 Å². The molecule has 0 aliphatic rings. The molecular weight excluding hydrogens is 399 g/mol. The molecule has 0 atom stereocenters. The molecule has 0 aliphatic carbocycles. The number of halogens is 1. The number of ether oxygens (including phenoxy) is 1. The fourth-order valence-corrected chi connectivity index (χ4v) is 4.21. The van der Waals surface area contributed by atoms with Gasteiger partial charge in [-0.1, -0.05) is 42.5 Å². The Kier molecular flexibility index (Phi) is 6.05. The van der Waals surface area contributed by atoms with Gasteiger partial charge >= 0.3 is 0 Å². The molecule has 1 heterocycles. The van der Waals surface area contributed by atoms with Gasteiger partial charge in [0.05, 0.1) is 18.6 Å². The third kappa shape index (κ3) is 4.49. The number of thioether (sulfide) groups is 1. The first-order valence-corrected chi connectivity index (χ1v) is 10.5. The summed E-state index contributed by atoms with van der Waals surface area (Å²) in [5.74, 6) is 0.572. The lowest BCUT2D eigenvalue weighted by molar-refractivity contribution is -0.113. The summed E-state index contributed by atoms with van der Waals surface area (Å²) in [6.45, 7) is 0.634. The second kappa shape index (κ2) is 9.05. The van der Waals surface area contributed by atoms with Crippen LogP contribution < -0.4 is 10.1 Å². The Labute approximate surface area is 178 Å². The van der Waals surface area contributed by atoms with Crippen molar-refractivity contribution < 1.29 is 13.9 Å². The van der Waals surface area contributed by atoms with Crippen LogP contribution in [0.1, 0.15) is 5.56 Å². The van der Waals surface area contributed by atoms with Crippen molar-refractivity contribution in [2.75, 3.05) is 18.2 Å². The average Bonchev–Trinajstić information content (AvgIpc) is 3.12. The van der Waals surface area contributed by atoms with E-state index >= 15 is 0 Å². The van der Waals surface area contributed by atoms with Crippen molar-refractivity contribution in [2.24, 2.45) is 0 Å². The summed E-state index contributed by atoms with van der Waals surface area (Å²) in [6, 6.07) is 22.0. The number of amides is 1. The molecule has 0 radical (unpaired) electrons. The van der Waals surface area contributed by atoms with Crippen LogP contribution in [0.25, 0.3) is 10.9 Å². The lowest BCUT2D eigenvalue weighted by Gasteiger charge is -2.09. The van der Waals surface area contributed by atoms with Crippen LogP contribution in [-0.2, 0) is 11.3 Å². The minimum absolute atomic E-state index is 0.0973. The highest BCUT2D eigenvalue weighted by atomic mass is 32.2. The molecule has 1 aromatic heterocycles. The fourth-order valence-electron chi connectivity index (χ4n) is 3.32. The van der Waals surface area contributed by atoms with E-state index < -0.39 is 0 Å². The number of fused-ring (bicyclic) bond motifs is 1. The maximum absolute atomic E-state index is 13.2. The molecule has 4 aromatic rings. The summed E-state index contributed by atoms with van der Waals surface area (Å²) in [7, 11) is 1.58. The van der Waals surface area contributed by atoms with Crippen molar-refractivity contribution in [2.45, 2.75) is 11.4 Å². The molecule has 4 rings (SSSR count). The lowest BCUT2D eigenvalue weighted by Crippen LogP contribution is -2.14. The van der Waals surface area contributed by atoms with Crippen molar-refractivity contribution in [1.29, 1.82) is 0 Å². The third-order valence-electron chi connectivity index (χ3n) is 4.76. The highest BCUT2D eigenvalue weighted by Crippen LogP contribution is 2.31. The molecule has 0 fully saturated rings. The molecule has 0 unspecified atom stereocenters. The number of nitrogens with zero attached hydrogens (tertiary/aromatic N) is 1. The Bertz CT molecular complexity index is 1170. The van der Waals surface area contributed by atoms with E-state index in [2.05, 4.69) is 28.2 Å². The molecule has 4 nitrogen and oxygen atoms in total. The zero-order chi connectivity index (χ0) is 20.9. The Morgan fingerprint density at radius 2 is 1.77 bits per heavy atom. The minimum atomic E-state index is -0.242. The first-order valence-electron chi connectivity index (χ1n) is 9.52. The van der Waals surface area contributed by atoms with Crippen molar-refractivity contribution in [3.63, 3.8) is 0 Å². The van der Waals surface area contributed by atoms with Crippen LogP contribution in [0.4, 0.5) is 10.1 Å². The molecular formula is C24H21FN2O2S. The second-order valence-corrected chi connectivity index (χ2v) is 7.82. The maximum atomic E-state index is 13.2. The normalized spacial score (nSPS) is 10.9. The smallest absolute Gasteiger partial charge is 0.234 e. The van der Waals surface area contributed by atoms with Crippen LogP contribution >= 0.6 is 11.8 Å². The van der Waals surface area contributed by atoms with Gasteiger partial charge in [0, 0.05) is 28.5 Å². The number of carbonyl (C=O) groups excluding carboxylic acids is 1. The number of hydrogen-bond donors (Lipinski definition) is 1. The Hall–Kier alpha value is -3.25. The highest BCUT2D eigenvalue weighted by molar-refractivity contribution is 8.00. The quantitative estimate of drug-likeness (QED) is 0.398. The summed E-state index contributed by atoms with van der Waals surface area (Å²) < 4.78 is 20.6. The van der Waals surface area contributed by atoms with E-state index in [9.17, 15) is 9.18 Å². The molecule has 152 valence electrons. The highest BCUT2D eigenvalue weighted by Gasteiger charge is 2.12. The first-order chi connectivity index (χ1) is 14.6. The van der Waals surface area contributed by atoms with Crippen molar-refractivity contribution in [3.8, 4) is 5.75 Å². The molecule has 30 heavy (non-hydrogen) atoms. The predicted molar refractivity (Wildman–Crippen MR) is 120 cm³/mol. The third-order valence-corrected chi connectivity index (χ3v) is 5.80. The average molecular weight is 421 g/mol. The Balaban J connectivity index is 1.50. The van der Waals surface area contributed by atoms with Gasteiger partial charge in [-0.15, -0.1) is 11.8 Å². The van der Waals surface area contributed by atoms with Gasteiger partial charge in [0.15, 0.2) is 0 Å². The van der Waals surface area contributed by atoms with Crippen LogP contribution in [0.5, 0.6) is 5.75 Å². The number of hydrogen-bond acceptors (Lipinski definition) is 3.